The number of hydrogen-bond acceptors (Lipinski definition) is 2. The first-order valence-electron chi connectivity index (χ1n) is 7.25. The Balaban J connectivity index is 2.10. The third-order valence-electron chi connectivity index (χ3n) is 4.11. The van der Waals surface area contributed by atoms with Gasteiger partial charge in [0.2, 0.25) is 5.43 Å². The van der Waals surface area contributed by atoms with Gasteiger partial charge in [-0.3, -0.25) is 4.79 Å². The van der Waals surface area contributed by atoms with Gasteiger partial charge in [-0.15, -0.1) is 0 Å². The molecule has 0 aliphatic carbocycles. The first-order valence-corrected chi connectivity index (χ1v) is 7.25. The quantitative estimate of drug-likeness (QED) is 0.497. The molecule has 0 bridgehead atoms. The minimum atomic E-state index is 0.0101. The van der Waals surface area contributed by atoms with Gasteiger partial charge in [0.15, 0.2) is 0 Å². The predicted octanol–water partition coefficient (Wildman–Crippen LogP) is 4.92. The van der Waals surface area contributed by atoms with Crippen molar-refractivity contribution in [3.05, 3.63) is 82.7 Å². The third-order valence-corrected chi connectivity index (χ3v) is 4.11. The fourth-order valence-electron chi connectivity index (χ4n) is 2.95. The van der Waals surface area contributed by atoms with Gasteiger partial charge in [0, 0.05) is 0 Å². The first kappa shape index (κ1) is 12.8. The van der Waals surface area contributed by atoms with Crippen molar-refractivity contribution in [3.8, 4) is 11.1 Å². The highest BCUT2D eigenvalue weighted by Crippen LogP contribution is 2.29. The number of rotatable bonds is 1. The molecule has 1 heterocycles. The summed E-state index contributed by atoms with van der Waals surface area (Å²) in [6.45, 7) is 2.08. The molecule has 2 nitrogen and oxygen atoms in total. The summed E-state index contributed by atoms with van der Waals surface area (Å²) in [6, 6.07) is 19.5. The molecular formula is C20H14O2. The van der Waals surface area contributed by atoms with Crippen LogP contribution in [-0.4, -0.2) is 0 Å². The first-order chi connectivity index (χ1) is 10.8. The van der Waals surface area contributed by atoms with Crippen molar-refractivity contribution < 1.29 is 4.42 Å². The van der Waals surface area contributed by atoms with E-state index in [0.717, 1.165) is 16.3 Å². The Morgan fingerprint density at radius 2 is 1.41 bits per heavy atom. The minimum Gasteiger partial charge on any atom is -0.463 e. The number of fused-ring (bicyclic) bond motifs is 2. The van der Waals surface area contributed by atoms with Crippen molar-refractivity contribution in [1.29, 1.82) is 0 Å². The molecule has 106 valence electrons. The van der Waals surface area contributed by atoms with E-state index in [2.05, 4.69) is 13.0 Å². The van der Waals surface area contributed by atoms with Crippen molar-refractivity contribution >= 4 is 21.7 Å². The molecule has 0 aliphatic rings. The summed E-state index contributed by atoms with van der Waals surface area (Å²) in [4.78, 5) is 12.8. The lowest BCUT2D eigenvalue weighted by Gasteiger charge is -2.09. The summed E-state index contributed by atoms with van der Waals surface area (Å²) < 4.78 is 5.66. The Morgan fingerprint density at radius 3 is 2.23 bits per heavy atom. The second kappa shape index (κ2) is 4.85. The van der Waals surface area contributed by atoms with Gasteiger partial charge in [0.1, 0.15) is 11.8 Å². The Morgan fingerprint density at radius 1 is 0.727 bits per heavy atom. The molecule has 2 heteroatoms. The number of benzene rings is 3. The van der Waals surface area contributed by atoms with Crippen LogP contribution >= 0.6 is 0 Å². The second-order valence-electron chi connectivity index (χ2n) is 5.45. The lowest BCUT2D eigenvalue weighted by Crippen LogP contribution is -2.05. The van der Waals surface area contributed by atoms with Gasteiger partial charge in [0.05, 0.1) is 10.9 Å². The van der Waals surface area contributed by atoms with Crippen molar-refractivity contribution in [2.24, 2.45) is 0 Å². The van der Waals surface area contributed by atoms with E-state index in [1.807, 2.05) is 48.5 Å². The molecule has 4 aromatic rings. The van der Waals surface area contributed by atoms with Crippen LogP contribution in [0.2, 0.25) is 0 Å². The Bertz CT molecular complexity index is 1060. The van der Waals surface area contributed by atoms with E-state index >= 15 is 0 Å². The minimum absolute atomic E-state index is 0.0101. The standard InChI is InChI=1S/C20H14O2/c1-13-10-11-16(15-7-3-2-6-14(13)15)18-12-22-19-9-5-4-8-17(19)20(18)21/h2-12H,1H3. The fraction of sp³-hybridized carbons (Fsp3) is 0.0500. The van der Waals surface area contributed by atoms with Crippen LogP contribution in [0.4, 0.5) is 0 Å². The molecule has 0 fully saturated rings. The highest BCUT2D eigenvalue weighted by Gasteiger charge is 2.12. The summed E-state index contributed by atoms with van der Waals surface area (Å²) in [6.07, 6.45) is 1.57. The van der Waals surface area contributed by atoms with Gasteiger partial charge in [-0.05, 0) is 41.0 Å². The van der Waals surface area contributed by atoms with E-state index in [1.54, 1.807) is 12.3 Å². The smallest absolute Gasteiger partial charge is 0.200 e. The molecule has 1 aromatic heterocycles. The van der Waals surface area contributed by atoms with E-state index in [0.29, 0.717) is 16.5 Å². The van der Waals surface area contributed by atoms with E-state index in [1.165, 1.54) is 5.56 Å². The lowest BCUT2D eigenvalue weighted by molar-refractivity contribution is 0.604. The molecule has 0 amide bonds. The number of para-hydroxylation sites is 1. The average molecular weight is 286 g/mol. The van der Waals surface area contributed by atoms with Crippen LogP contribution in [-0.2, 0) is 0 Å². The molecular weight excluding hydrogens is 272 g/mol. The second-order valence-corrected chi connectivity index (χ2v) is 5.45. The van der Waals surface area contributed by atoms with E-state index < -0.39 is 0 Å². The predicted molar refractivity (Wildman–Crippen MR) is 90.2 cm³/mol. The van der Waals surface area contributed by atoms with Crippen molar-refractivity contribution in [3.63, 3.8) is 0 Å². The van der Waals surface area contributed by atoms with Crippen LogP contribution in [0.25, 0.3) is 32.9 Å². The number of aryl methyl sites for hydroxylation is 1. The maximum atomic E-state index is 12.8. The van der Waals surface area contributed by atoms with Crippen LogP contribution in [0.15, 0.2) is 76.1 Å². The Hall–Kier alpha value is -2.87. The highest BCUT2D eigenvalue weighted by atomic mass is 16.3. The Labute approximate surface area is 127 Å². The molecule has 0 saturated carbocycles. The molecule has 0 N–H and O–H groups in total. The zero-order chi connectivity index (χ0) is 15.1. The topological polar surface area (TPSA) is 30.2 Å². The van der Waals surface area contributed by atoms with Crippen LogP contribution in [0, 0.1) is 6.92 Å². The van der Waals surface area contributed by atoms with Crippen molar-refractivity contribution in [1.82, 2.24) is 0 Å². The number of hydrogen-bond donors (Lipinski definition) is 0. The third kappa shape index (κ3) is 1.85. The van der Waals surface area contributed by atoms with Crippen LogP contribution in [0.3, 0.4) is 0 Å². The van der Waals surface area contributed by atoms with E-state index in [-0.39, 0.29) is 5.43 Å². The van der Waals surface area contributed by atoms with Gasteiger partial charge >= 0.3 is 0 Å². The van der Waals surface area contributed by atoms with E-state index in [4.69, 9.17) is 4.42 Å². The van der Waals surface area contributed by atoms with Gasteiger partial charge in [-0.1, -0.05) is 48.5 Å². The monoisotopic (exact) mass is 286 g/mol. The van der Waals surface area contributed by atoms with Gasteiger partial charge in [0.25, 0.3) is 0 Å². The summed E-state index contributed by atoms with van der Waals surface area (Å²) in [7, 11) is 0. The Kier molecular flexibility index (Phi) is 2.83. The molecule has 0 atom stereocenters. The summed E-state index contributed by atoms with van der Waals surface area (Å²) >= 11 is 0. The van der Waals surface area contributed by atoms with Crippen LogP contribution in [0.5, 0.6) is 0 Å². The zero-order valence-electron chi connectivity index (χ0n) is 12.2. The molecule has 0 unspecified atom stereocenters. The molecule has 3 aromatic carbocycles. The normalized spacial score (nSPS) is 11.1. The summed E-state index contributed by atoms with van der Waals surface area (Å²) in [5.74, 6) is 0. The van der Waals surface area contributed by atoms with Gasteiger partial charge in [-0.2, -0.15) is 0 Å². The van der Waals surface area contributed by atoms with E-state index in [9.17, 15) is 4.79 Å². The SMILES string of the molecule is Cc1ccc(-c2coc3ccccc3c2=O)c2ccccc12. The molecule has 0 saturated heterocycles. The maximum Gasteiger partial charge on any atom is 0.200 e. The van der Waals surface area contributed by atoms with Crippen molar-refractivity contribution in [2.75, 3.05) is 0 Å². The van der Waals surface area contributed by atoms with Crippen LogP contribution in [0.1, 0.15) is 5.56 Å². The zero-order valence-corrected chi connectivity index (χ0v) is 12.2. The fourth-order valence-corrected chi connectivity index (χ4v) is 2.95. The molecule has 0 aliphatic heterocycles. The average Bonchev–Trinajstić information content (AvgIpc) is 2.57. The molecule has 4 rings (SSSR count). The largest absolute Gasteiger partial charge is 0.463 e. The summed E-state index contributed by atoms with van der Waals surface area (Å²) in [5, 5.41) is 2.85. The van der Waals surface area contributed by atoms with Crippen molar-refractivity contribution in [2.45, 2.75) is 6.92 Å². The van der Waals surface area contributed by atoms with Gasteiger partial charge < -0.3 is 4.42 Å². The molecule has 0 radical (unpaired) electrons. The molecule has 0 spiro atoms. The lowest BCUT2D eigenvalue weighted by atomic mass is 9.96. The van der Waals surface area contributed by atoms with Crippen LogP contribution < -0.4 is 5.43 Å². The van der Waals surface area contributed by atoms with Gasteiger partial charge in [-0.25, -0.2) is 0 Å². The molecule has 22 heavy (non-hydrogen) atoms. The maximum absolute atomic E-state index is 12.8. The summed E-state index contributed by atoms with van der Waals surface area (Å²) in [5.41, 5.74) is 3.35. The highest BCUT2D eigenvalue weighted by molar-refractivity contribution is 5.99.